The van der Waals surface area contributed by atoms with Gasteiger partial charge < -0.3 is 10.4 Å². The summed E-state index contributed by atoms with van der Waals surface area (Å²) >= 11 is 1.40. The summed E-state index contributed by atoms with van der Waals surface area (Å²) in [5.74, 6) is 0. The lowest BCUT2D eigenvalue weighted by Gasteiger charge is -2.13. The molecule has 18 heavy (non-hydrogen) atoms. The molecule has 2 rings (SSSR count). The number of aromatic nitrogens is 1. The average Bonchev–Trinajstić information content (AvgIpc) is 2.65. The van der Waals surface area contributed by atoms with Crippen LogP contribution in [0.1, 0.15) is 13.8 Å². The van der Waals surface area contributed by atoms with Gasteiger partial charge in [0.15, 0.2) is 0 Å². The standard InChI is InChI=1S/C13H18N2O2S/c1-9(2)14-7-10(16)8-15-13(17)11-5-3-4-6-12(11)18-15/h3-6,9-10,14,16H,7-8H2,1-2H3. The Labute approximate surface area is 110 Å². The molecule has 0 saturated heterocycles. The third kappa shape index (κ3) is 2.98. The Hall–Kier alpha value is -1.17. The Morgan fingerprint density at radius 1 is 1.39 bits per heavy atom. The molecule has 1 aromatic carbocycles. The van der Waals surface area contributed by atoms with Crippen LogP contribution in [0.3, 0.4) is 0 Å². The third-order valence-corrected chi connectivity index (χ3v) is 3.78. The van der Waals surface area contributed by atoms with Crippen LogP contribution in [0.15, 0.2) is 29.1 Å². The maximum Gasteiger partial charge on any atom is 0.268 e. The minimum atomic E-state index is -0.543. The fourth-order valence-corrected chi connectivity index (χ4v) is 2.82. The molecule has 0 radical (unpaired) electrons. The second-order valence-corrected chi connectivity index (χ2v) is 5.73. The van der Waals surface area contributed by atoms with Crippen molar-refractivity contribution in [2.45, 2.75) is 32.5 Å². The van der Waals surface area contributed by atoms with Crippen molar-refractivity contribution in [2.24, 2.45) is 0 Å². The van der Waals surface area contributed by atoms with Crippen molar-refractivity contribution in [1.29, 1.82) is 0 Å². The smallest absolute Gasteiger partial charge is 0.268 e. The minimum Gasteiger partial charge on any atom is -0.390 e. The largest absolute Gasteiger partial charge is 0.390 e. The highest BCUT2D eigenvalue weighted by atomic mass is 32.1. The first-order valence-electron chi connectivity index (χ1n) is 6.08. The van der Waals surface area contributed by atoms with E-state index in [9.17, 15) is 9.90 Å². The van der Waals surface area contributed by atoms with Crippen LogP contribution in [0.25, 0.3) is 10.1 Å². The molecule has 1 unspecified atom stereocenters. The molecule has 2 aromatic rings. The highest BCUT2D eigenvalue weighted by Crippen LogP contribution is 2.15. The van der Waals surface area contributed by atoms with Crippen molar-refractivity contribution in [3.8, 4) is 0 Å². The van der Waals surface area contributed by atoms with Gasteiger partial charge in [-0.15, -0.1) is 0 Å². The molecule has 4 nitrogen and oxygen atoms in total. The molecule has 1 aromatic heterocycles. The Bertz CT molecular complexity index is 574. The number of nitrogens with zero attached hydrogens (tertiary/aromatic N) is 1. The maximum atomic E-state index is 12.0. The molecule has 0 fully saturated rings. The number of benzene rings is 1. The molecule has 0 saturated carbocycles. The van der Waals surface area contributed by atoms with Gasteiger partial charge in [0.25, 0.3) is 5.56 Å². The fourth-order valence-electron chi connectivity index (χ4n) is 1.77. The number of aliphatic hydroxyl groups is 1. The molecule has 0 amide bonds. The zero-order chi connectivity index (χ0) is 13.1. The van der Waals surface area contributed by atoms with Crippen LogP contribution in [0, 0.1) is 0 Å². The molecular formula is C13H18N2O2S. The van der Waals surface area contributed by atoms with Crippen LogP contribution >= 0.6 is 11.5 Å². The zero-order valence-electron chi connectivity index (χ0n) is 10.6. The lowest BCUT2D eigenvalue weighted by atomic mass is 10.3. The van der Waals surface area contributed by atoms with Crippen molar-refractivity contribution < 1.29 is 5.11 Å². The van der Waals surface area contributed by atoms with E-state index >= 15 is 0 Å². The van der Waals surface area contributed by atoms with Crippen LogP contribution in [0.5, 0.6) is 0 Å². The van der Waals surface area contributed by atoms with Gasteiger partial charge in [0.1, 0.15) is 0 Å². The predicted molar refractivity (Wildman–Crippen MR) is 75.2 cm³/mol. The number of fused-ring (bicyclic) bond motifs is 1. The van der Waals surface area contributed by atoms with Gasteiger partial charge in [-0.05, 0) is 12.1 Å². The molecule has 1 heterocycles. The van der Waals surface area contributed by atoms with Crippen molar-refractivity contribution in [1.82, 2.24) is 9.27 Å². The first-order chi connectivity index (χ1) is 8.58. The zero-order valence-corrected chi connectivity index (χ0v) is 11.4. The Balaban J connectivity index is 2.12. The molecule has 0 spiro atoms. The van der Waals surface area contributed by atoms with Gasteiger partial charge in [-0.2, -0.15) is 0 Å². The summed E-state index contributed by atoms with van der Waals surface area (Å²) in [7, 11) is 0. The molecule has 0 bridgehead atoms. The maximum absolute atomic E-state index is 12.0. The van der Waals surface area contributed by atoms with Crippen molar-refractivity contribution in [3.63, 3.8) is 0 Å². The van der Waals surface area contributed by atoms with E-state index < -0.39 is 6.10 Å². The van der Waals surface area contributed by atoms with Crippen LogP contribution in [-0.2, 0) is 6.54 Å². The SMILES string of the molecule is CC(C)NCC(O)Cn1sc2ccccc2c1=O. The van der Waals surface area contributed by atoms with E-state index in [4.69, 9.17) is 0 Å². The molecule has 0 aliphatic rings. The Kier molecular flexibility index (Phi) is 4.16. The molecule has 5 heteroatoms. The average molecular weight is 266 g/mol. The summed E-state index contributed by atoms with van der Waals surface area (Å²) < 4.78 is 2.59. The second kappa shape index (κ2) is 5.65. The predicted octanol–water partition coefficient (Wildman–Crippen LogP) is 1.42. The third-order valence-electron chi connectivity index (χ3n) is 2.69. The topological polar surface area (TPSA) is 54.3 Å². The molecule has 1 atom stereocenters. The summed E-state index contributed by atoms with van der Waals surface area (Å²) in [4.78, 5) is 12.0. The highest BCUT2D eigenvalue weighted by molar-refractivity contribution is 7.13. The van der Waals surface area contributed by atoms with Gasteiger partial charge in [0, 0.05) is 12.6 Å². The number of aliphatic hydroxyl groups excluding tert-OH is 1. The molecule has 0 aliphatic heterocycles. The number of hydrogen-bond acceptors (Lipinski definition) is 4. The van der Waals surface area contributed by atoms with Gasteiger partial charge in [-0.1, -0.05) is 37.5 Å². The number of hydrogen-bond donors (Lipinski definition) is 2. The summed E-state index contributed by atoms with van der Waals surface area (Å²) in [6.07, 6.45) is -0.543. The number of rotatable bonds is 5. The van der Waals surface area contributed by atoms with E-state index in [1.165, 1.54) is 11.5 Å². The highest BCUT2D eigenvalue weighted by Gasteiger charge is 2.11. The van der Waals surface area contributed by atoms with E-state index in [1.54, 1.807) is 3.96 Å². The summed E-state index contributed by atoms with van der Waals surface area (Å²) in [6, 6.07) is 7.86. The minimum absolute atomic E-state index is 0.0146. The fraction of sp³-hybridized carbons (Fsp3) is 0.462. The van der Waals surface area contributed by atoms with E-state index in [1.807, 2.05) is 38.1 Å². The number of nitrogens with one attached hydrogen (secondary N) is 1. The van der Waals surface area contributed by atoms with Crippen molar-refractivity contribution in [2.75, 3.05) is 6.54 Å². The quantitative estimate of drug-likeness (QED) is 0.860. The molecule has 2 N–H and O–H groups in total. The van der Waals surface area contributed by atoms with Crippen LogP contribution in [-0.4, -0.2) is 27.8 Å². The lowest BCUT2D eigenvalue weighted by molar-refractivity contribution is 0.151. The van der Waals surface area contributed by atoms with E-state index in [0.29, 0.717) is 19.1 Å². The van der Waals surface area contributed by atoms with Crippen LogP contribution in [0.2, 0.25) is 0 Å². The van der Waals surface area contributed by atoms with Crippen LogP contribution in [0.4, 0.5) is 0 Å². The molecule has 98 valence electrons. The van der Waals surface area contributed by atoms with Gasteiger partial charge in [-0.3, -0.25) is 8.75 Å². The molecular weight excluding hydrogens is 248 g/mol. The first-order valence-corrected chi connectivity index (χ1v) is 6.85. The Morgan fingerprint density at radius 3 is 2.78 bits per heavy atom. The van der Waals surface area contributed by atoms with Gasteiger partial charge in [0.2, 0.25) is 0 Å². The summed E-state index contributed by atoms with van der Waals surface area (Å²) in [6.45, 7) is 4.90. The monoisotopic (exact) mass is 266 g/mol. The van der Waals surface area contributed by atoms with E-state index in [2.05, 4.69) is 5.32 Å². The van der Waals surface area contributed by atoms with Gasteiger partial charge in [0.05, 0.1) is 22.7 Å². The summed E-state index contributed by atoms with van der Waals surface area (Å²) in [5.41, 5.74) is -0.0146. The van der Waals surface area contributed by atoms with E-state index in [-0.39, 0.29) is 5.56 Å². The van der Waals surface area contributed by atoms with E-state index in [0.717, 1.165) is 10.1 Å². The molecule has 0 aliphatic carbocycles. The Morgan fingerprint density at radius 2 is 2.11 bits per heavy atom. The first kappa shape index (κ1) is 13.3. The van der Waals surface area contributed by atoms with Crippen LogP contribution < -0.4 is 10.9 Å². The van der Waals surface area contributed by atoms with Gasteiger partial charge >= 0.3 is 0 Å². The lowest BCUT2D eigenvalue weighted by Crippen LogP contribution is -2.35. The van der Waals surface area contributed by atoms with Crippen molar-refractivity contribution in [3.05, 3.63) is 34.6 Å². The van der Waals surface area contributed by atoms with Gasteiger partial charge in [-0.25, -0.2) is 0 Å². The normalized spacial score (nSPS) is 13.3. The van der Waals surface area contributed by atoms with Crippen molar-refractivity contribution >= 4 is 21.6 Å². The second-order valence-electron chi connectivity index (χ2n) is 4.67. The summed E-state index contributed by atoms with van der Waals surface area (Å²) in [5, 5.41) is 13.8.